The van der Waals surface area contributed by atoms with Crippen LogP contribution in [0.5, 0.6) is 0 Å². The van der Waals surface area contributed by atoms with Crippen molar-refractivity contribution in [1.82, 2.24) is 0 Å². The summed E-state index contributed by atoms with van der Waals surface area (Å²) in [5.74, 6) is 1.01. The van der Waals surface area contributed by atoms with Crippen LogP contribution in [-0.2, 0) is 65.4 Å². The third kappa shape index (κ3) is 68.3. The molecule has 17 nitrogen and oxygen atoms in total. The van der Waals surface area contributed by atoms with Gasteiger partial charge < -0.3 is 33.8 Å². The van der Waals surface area contributed by atoms with E-state index >= 15 is 0 Å². The Labute approximate surface area is 594 Å². The largest absolute Gasteiger partial charge is 0.472 e. The summed E-state index contributed by atoms with van der Waals surface area (Å²) in [7, 11) is -9.91. The van der Waals surface area contributed by atoms with Gasteiger partial charge in [0.15, 0.2) is 12.2 Å². The van der Waals surface area contributed by atoms with Crippen LogP contribution >= 0.6 is 15.6 Å². The maximum atomic E-state index is 13.1. The Morgan fingerprint density at radius 3 is 0.732 bits per heavy atom. The molecule has 3 N–H and O–H groups in total. The highest BCUT2D eigenvalue weighted by molar-refractivity contribution is 7.47. The molecule has 0 aromatic heterocycles. The molecule has 0 fully saturated rings. The number of phosphoric ester groups is 2. The van der Waals surface area contributed by atoms with Gasteiger partial charge in [0.1, 0.15) is 19.3 Å². The summed E-state index contributed by atoms with van der Waals surface area (Å²) >= 11 is 0. The van der Waals surface area contributed by atoms with Crippen LogP contribution < -0.4 is 0 Å². The van der Waals surface area contributed by atoms with Gasteiger partial charge in [0.05, 0.1) is 26.4 Å². The van der Waals surface area contributed by atoms with Crippen molar-refractivity contribution in [3.8, 4) is 0 Å². The van der Waals surface area contributed by atoms with Gasteiger partial charge in [0, 0.05) is 25.7 Å². The van der Waals surface area contributed by atoms with Crippen LogP contribution in [0, 0.1) is 23.7 Å². The van der Waals surface area contributed by atoms with Crippen molar-refractivity contribution >= 4 is 39.5 Å². The number of aliphatic hydroxyl groups excluding tert-OH is 1. The smallest absolute Gasteiger partial charge is 0.462 e. The third-order valence-electron chi connectivity index (χ3n) is 19.2. The van der Waals surface area contributed by atoms with E-state index in [2.05, 4.69) is 55.4 Å². The molecular formula is C78H152O17P2. The summed E-state index contributed by atoms with van der Waals surface area (Å²) in [6, 6.07) is 0. The zero-order chi connectivity index (χ0) is 71.7. The monoisotopic (exact) mass is 1420 g/mol. The molecule has 0 rings (SSSR count). The molecule has 97 heavy (non-hydrogen) atoms. The van der Waals surface area contributed by atoms with Crippen molar-refractivity contribution in [2.24, 2.45) is 23.7 Å². The molecule has 0 amide bonds. The zero-order valence-electron chi connectivity index (χ0n) is 63.7. The predicted octanol–water partition coefficient (Wildman–Crippen LogP) is 22.8. The molecule has 0 aliphatic heterocycles. The van der Waals surface area contributed by atoms with Crippen LogP contribution in [0.1, 0.15) is 396 Å². The average Bonchev–Trinajstić information content (AvgIpc) is 0.994. The van der Waals surface area contributed by atoms with E-state index in [1.54, 1.807) is 0 Å². The maximum absolute atomic E-state index is 13.1. The number of hydrogen-bond acceptors (Lipinski definition) is 15. The minimum atomic E-state index is -4.96. The Bertz CT molecular complexity index is 1910. The standard InChI is InChI=1S/C78H152O17P2/c1-9-69(6)55-47-39-31-24-20-18-16-14-12-13-15-17-19-21-27-34-44-52-60-77(82)94-74(65-89-76(81)59-51-43-37-36-41-49-57-71(8)11-3)67-93-97(86,87)91-63-72(79)62-90-96(84,85)92-66-73(95-78(83)61-53-45-35-29-28-30-38-46-54-68(4)5)64-88-75(80)58-50-42-33-26-23-22-25-32-40-48-56-70(7)10-2/h68-74,79H,9-67H2,1-8H3,(H,84,85)(H,86,87)/t69?,70?,71?,72-,73-,74-/m1/s1. The molecule has 0 saturated heterocycles. The molecule has 5 unspecified atom stereocenters. The first kappa shape index (κ1) is 95.1. The summed E-state index contributed by atoms with van der Waals surface area (Å²) < 4.78 is 68.5. The molecule has 0 aliphatic rings. The number of carbonyl (C=O) groups is 4. The van der Waals surface area contributed by atoms with Crippen LogP contribution in [-0.4, -0.2) is 96.7 Å². The minimum Gasteiger partial charge on any atom is -0.462 e. The van der Waals surface area contributed by atoms with E-state index in [0.29, 0.717) is 25.7 Å². The van der Waals surface area contributed by atoms with Crippen LogP contribution in [0.2, 0.25) is 0 Å². The second-order valence-corrected chi connectivity index (χ2v) is 32.2. The van der Waals surface area contributed by atoms with E-state index < -0.39 is 97.5 Å². The van der Waals surface area contributed by atoms with Gasteiger partial charge in [-0.2, -0.15) is 0 Å². The molecule has 0 aliphatic carbocycles. The maximum Gasteiger partial charge on any atom is 0.472 e. The lowest BCUT2D eigenvalue weighted by Gasteiger charge is -2.21. The van der Waals surface area contributed by atoms with E-state index in [4.69, 9.17) is 37.0 Å². The molecule has 0 bridgehead atoms. The normalized spacial score (nSPS) is 14.9. The molecule has 0 radical (unpaired) electrons. The number of unbranched alkanes of at least 4 members (excludes halogenated alkanes) is 38. The highest BCUT2D eigenvalue weighted by atomic mass is 31.2. The number of rotatable bonds is 75. The molecule has 0 heterocycles. The van der Waals surface area contributed by atoms with Gasteiger partial charge in [0.25, 0.3) is 0 Å². The number of carbonyl (C=O) groups excluding carboxylic acids is 4. The van der Waals surface area contributed by atoms with Gasteiger partial charge in [-0.15, -0.1) is 0 Å². The first-order chi connectivity index (χ1) is 46.7. The number of esters is 4. The van der Waals surface area contributed by atoms with Crippen molar-refractivity contribution in [2.75, 3.05) is 39.6 Å². The van der Waals surface area contributed by atoms with Crippen LogP contribution in [0.25, 0.3) is 0 Å². The zero-order valence-corrected chi connectivity index (χ0v) is 65.5. The number of phosphoric acid groups is 2. The topological polar surface area (TPSA) is 237 Å². The molecule has 0 aromatic rings. The second-order valence-electron chi connectivity index (χ2n) is 29.3. The molecule has 19 heteroatoms. The summed E-state index contributed by atoms with van der Waals surface area (Å²) in [5, 5.41) is 10.6. The Balaban J connectivity index is 5.18. The van der Waals surface area contributed by atoms with E-state index in [9.17, 15) is 43.2 Å². The molecule has 0 spiro atoms. The van der Waals surface area contributed by atoms with Crippen LogP contribution in [0.4, 0.5) is 0 Å². The predicted molar refractivity (Wildman–Crippen MR) is 395 cm³/mol. The molecule has 8 atom stereocenters. The van der Waals surface area contributed by atoms with E-state index in [-0.39, 0.29) is 25.7 Å². The first-order valence-corrected chi connectivity index (χ1v) is 43.3. The van der Waals surface area contributed by atoms with Gasteiger partial charge in [-0.1, -0.05) is 344 Å². The third-order valence-corrected chi connectivity index (χ3v) is 21.1. The number of ether oxygens (including phenoxy) is 4. The summed E-state index contributed by atoms with van der Waals surface area (Å²) in [4.78, 5) is 72.8. The highest BCUT2D eigenvalue weighted by Crippen LogP contribution is 2.45. The Morgan fingerprint density at radius 1 is 0.289 bits per heavy atom. The number of aliphatic hydroxyl groups is 1. The Morgan fingerprint density at radius 2 is 0.495 bits per heavy atom. The van der Waals surface area contributed by atoms with Crippen molar-refractivity contribution in [3.05, 3.63) is 0 Å². The second kappa shape index (κ2) is 67.2. The summed E-state index contributed by atoms with van der Waals surface area (Å²) in [6.45, 7) is 14.2. The van der Waals surface area contributed by atoms with Crippen molar-refractivity contribution in [2.45, 2.75) is 414 Å². The van der Waals surface area contributed by atoms with Crippen molar-refractivity contribution in [1.29, 1.82) is 0 Å². The summed E-state index contributed by atoms with van der Waals surface area (Å²) in [6.07, 6.45) is 52.8. The lowest BCUT2D eigenvalue weighted by molar-refractivity contribution is -0.161. The first-order valence-electron chi connectivity index (χ1n) is 40.3. The van der Waals surface area contributed by atoms with Crippen molar-refractivity contribution in [3.63, 3.8) is 0 Å². The van der Waals surface area contributed by atoms with Gasteiger partial charge in [-0.05, 0) is 49.4 Å². The van der Waals surface area contributed by atoms with E-state index in [0.717, 1.165) is 120 Å². The fraction of sp³-hybridized carbons (Fsp3) is 0.949. The fourth-order valence-electron chi connectivity index (χ4n) is 11.8. The Hall–Kier alpha value is -1.94. The fourth-order valence-corrected chi connectivity index (χ4v) is 13.4. The minimum absolute atomic E-state index is 0.104. The highest BCUT2D eigenvalue weighted by Gasteiger charge is 2.30. The van der Waals surface area contributed by atoms with Crippen molar-refractivity contribution < 1.29 is 80.2 Å². The SMILES string of the molecule is CCC(C)CCCCCCCCCCCCCCCCCCCCC(=O)O[C@H](COC(=O)CCCCCCCCC(C)CC)COP(=O)(O)OC[C@H](O)COP(=O)(O)OC[C@@H](COC(=O)CCCCCCCCCCCCC(C)CC)OC(=O)CCCCCCCCCCC(C)C. The van der Waals surface area contributed by atoms with Gasteiger partial charge >= 0.3 is 39.5 Å². The molecule has 0 aromatic carbocycles. The van der Waals surface area contributed by atoms with E-state index in [1.165, 1.54) is 193 Å². The average molecular weight is 1420 g/mol. The van der Waals surface area contributed by atoms with Gasteiger partial charge in [-0.25, -0.2) is 9.13 Å². The molecular weight excluding hydrogens is 1270 g/mol. The quantitative estimate of drug-likeness (QED) is 0.0222. The Kier molecular flexibility index (Phi) is 65.9. The van der Waals surface area contributed by atoms with Crippen LogP contribution in [0.15, 0.2) is 0 Å². The number of hydrogen-bond donors (Lipinski definition) is 3. The van der Waals surface area contributed by atoms with Gasteiger partial charge in [0.2, 0.25) is 0 Å². The van der Waals surface area contributed by atoms with Crippen LogP contribution in [0.3, 0.4) is 0 Å². The van der Waals surface area contributed by atoms with E-state index in [1.807, 2.05) is 0 Å². The lowest BCUT2D eigenvalue weighted by atomic mass is 9.99. The van der Waals surface area contributed by atoms with Gasteiger partial charge in [-0.3, -0.25) is 37.3 Å². The summed E-state index contributed by atoms with van der Waals surface area (Å²) in [5.41, 5.74) is 0. The molecule has 576 valence electrons. The lowest BCUT2D eigenvalue weighted by Crippen LogP contribution is -2.30. The molecule has 0 saturated carbocycles.